The molecular formula is C22H19ClN2O4S2. The number of nitrogens with zero attached hydrogens (tertiary/aromatic N) is 1. The van der Waals surface area contributed by atoms with E-state index in [2.05, 4.69) is 12.0 Å². The zero-order valence-electron chi connectivity index (χ0n) is 16.6. The maximum Gasteiger partial charge on any atom is 0.285 e. The summed E-state index contributed by atoms with van der Waals surface area (Å²) < 4.78 is 11.4. The molecule has 0 spiro atoms. The fraction of sp³-hybridized carbons (Fsp3) is 0.136. The van der Waals surface area contributed by atoms with E-state index < -0.39 is 11.8 Å². The van der Waals surface area contributed by atoms with Crippen LogP contribution in [0.5, 0.6) is 11.5 Å². The molecule has 0 aliphatic carbocycles. The molecule has 1 aliphatic heterocycles. The maximum absolute atomic E-state index is 12.8. The first-order chi connectivity index (χ1) is 14.9. The molecule has 0 bridgehead atoms. The van der Waals surface area contributed by atoms with Crippen LogP contribution < -0.4 is 14.9 Å². The van der Waals surface area contributed by atoms with Crippen molar-refractivity contribution in [2.75, 3.05) is 13.2 Å². The van der Waals surface area contributed by atoms with Gasteiger partial charge in [-0.05, 0) is 55.0 Å². The molecule has 1 fully saturated rings. The van der Waals surface area contributed by atoms with Gasteiger partial charge in [0.2, 0.25) is 0 Å². The maximum atomic E-state index is 12.8. The van der Waals surface area contributed by atoms with Gasteiger partial charge in [0, 0.05) is 5.56 Å². The van der Waals surface area contributed by atoms with E-state index in [4.69, 9.17) is 33.3 Å². The lowest BCUT2D eigenvalue weighted by Crippen LogP contribution is -2.44. The standard InChI is InChI=1S/C22H19ClN2O4S2/c1-3-10-29-19-16(23)11-14(12-17(19)28-4-2)13-18-21(27)25(22(30)31-18)24-20(26)15-8-6-5-7-9-15/h3,5-9,11-13H,1,4,10H2,2H3,(H,24,26)/b18-13+. The number of halogens is 1. The summed E-state index contributed by atoms with van der Waals surface area (Å²) in [6.07, 6.45) is 3.24. The summed E-state index contributed by atoms with van der Waals surface area (Å²) in [4.78, 5) is 25.6. The van der Waals surface area contributed by atoms with Gasteiger partial charge in [0.15, 0.2) is 15.8 Å². The third-order valence-electron chi connectivity index (χ3n) is 4.02. The van der Waals surface area contributed by atoms with Gasteiger partial charge in [0.05, 0.1) is 16.5 Å². The van der Waals surface area contributed by atoms with Crippen molar-refractivity contribution in [3.05, 3.63) is 76.2 Å². The number of amides is 2. The van der Waals surface area contributed by atoms with Gasteiger partial charge in [-0.1, -0.05) is 54.2 Å². The minimum Gasteiger partial charge on any atom is -0.490 e. The van der Waals surface area contributed by atoms with Gasteiger partial charge in [-0.25, -0.2) is 0 Å². The van der Waals surface area contributed by atoms with Crippen molar-refractivity contribution in [3.8, 4) is 11.5 Å². The average molecular weight is 475 g/mol. The van der Waals surface area contributed by atoms with E-state index in [9.17, 15) is 9.59 Å². The number of rotatable bonds is 8. The van der Waals surface area contributed by atoms with E-state index in [1.807, 2.05) is 6.92 Å². The second-order valence-electron chi connectivity index (χ2n) is 6.19. The van der Waals surface area contributed by atoms with Crippen LogP contribution in [0.1, 0.15) is 22.8 Å². The van der Waals surface area contributed by atoms with Gasteiger partial charge in [0.25, 0.3) is 11.8 Å². The van der Waals surface area contributed by atoms with Gasteiger partial charge in [0.1, 0.15) is 6.61 Å². The number of ether oxygens (including phenoxy) is 2. The van der Waals surface area contributed by atoms with E-state index >= 15 is 0 Å². The molecule has 2 aromatic carbocycles. The molecule has 31 heavy (non-hydrogen) atoms. The Bertz CT molecular complexity index is 1060. The van der Waals surface area contributed by atoms with Crippen LogP contribution in [0.4, 0.5) is 0 Å². The second kappa shape index (κ2) is 10.5. The first-order valence-electron chi connectivity index (χ1n) is 9.28. The van der Waals surface area contributed by atoms with Crippen LogP contribution in [0, 0.1) is 0 Å². The molecule has 1 heterocycles. The Labute approximate surface area is 194 Å². The Hall–Kier alpha value is -2.81. The zero-order valence-corrected chi connectivity index (χ0v) is 19.0. The predicted molar refractivity (Wildman–Crippen MR) is 127 cm³/mol. The van der Waals surface area contributed by atoms with Crippen LogP contribution in [-0.4, -0.2) is 34.4 Å². The molecular weight excluding hydrogens is 456 g/mol. The minimum absolute atomic E-state index is 0.225. The van der Waals surface area contributed by atoms with Crippen molar-refractivity contribution in [3.63, 3.8) is 0 Å². The van der Waals surface area contributed by atoms with Gasteiger partial charge in [-0.2, -0.15) is 5.01 Å². The van der Waals surface area contributed by atoms with Gasteiger partial charge in [-0.3, -0.25) is 15.0 Å². The molecule has 2 amide bonds. The second-order valence-corrected chi connectivity index (χ2v) is 8.27. The summed E-state index contributed by atoms with van der Waals surface area (Å²) in [5.41, 5.74) is 3.60. The summed E-state index contributed by atoms with van der Waals surface area (Å²) in [6.45, 7) is 6.16. The fourth-order valence-corrected chi connectivity index (χ4v) is 4.14. The molecule has 1 aliphatic rings. The summed E-state index contributed by atoms with van der Waals surface area (Å²) in [5.74, 6) is 0.00286. The average Bonchev–Trinajstić information content (AvgIpc) is 3.01. The quantitative estimate of drug-likeness (QED) is 0.335. The topological polar surface area (TPSA) is 67.9 Å². The molecule has 6 nitrogen and oxygen atoms in total. The molecule has 3 rings (SSSR count). The summed E-state index contributed by atoms with van der Waals surface area (Å²) in [7, 11) is 0. The number of benzene rings is 2. The number of thiocarbonyl (C=S) groups is 1. The van der Waals surface area contributed by atoms with Crippen LogP contribution in [0.15, 0.2) is 60.0 Å². The number of hydrogen-bond acceptors (Lipinski definition) is 6. The molecule has 2 aromatic rings. The van der Waals surface area contributed by atoms with Crippen LogP contribution in [0.2, 0.25) is 5.02 Å². The molecule has 0 atom stereocenters. The highest BCUT2D eigenvalue weighted by atomic mass is 35.5. The first kappa shape index (κ1) is 22.9. The van der Waals surface area contributed by atoms with E-state index in [-0.39, 0.29) is 10.9 Å². The lowest BCUT2D eigenvalue weighted by molar-refractivity contribution is -0.123. The molecule has 9 heteroatoms. The van der Waals surface area contributed by atoms with Gasteiger partial charge >= 0.3 is 0 Å². The van der Waals surface area contributed by atoms with Crippen LogP contribution in [0.25, 0.3) is 6.08 Å². The lowest BCUT2D eigenvalue weighted by Gasteiger charge is -2.15. The van der Waals surface area contributed by atoms with E-state index in [1.54, 1.807) is 54.6 Å². The summed E-state index contributed by atoms with van der Waals surface area (Å²) in [6, 6.07) is 12.0. The van der Waals surface area contributed by atoms with E-state index in [1.165, 1.54) is 0 Å². The van der Waals surface area contributed by atoms with Crippen molar-refractivity contribution < 1.29 is 19.1 Å². The number of nitrogens with one attached hydrogen (secondary N) is 1. The monoisotopic (exact) mass is 474 g/mol. The van der Waals surface area contributed by atoms with Crippen molar-refractivity contribution >= 4 is 57.8 Å². The summed E-state index contributed by atoms with van der Waals surface area (Å²) in [5, 5.41) is 1.40. The van der Waals surface area contributed by atoms with Gasteiger partial charge < -0.3 is 9.47 Å². The number of hydrazine groups is 1. The predicted octanol–water partition coefficient (Wildman–Crippen LogP) is 4.85. The number of carbonyl (C=O) groups is 2. The molecule has 0 saturated carbocycles. The molecule has 1 saturated heterocycles. The summed E-state index contributed by atoms with van der Waals surface area (Å²) >= 11 is 12.7. The Morgan fingerprint density at radius 3 is 2.71 bits per heavy atom. The highest BCUT2D eigenvalue weighted by Gasteiger charge is 2.34. The molecule has 0 unspecified atom stereocenters. The fourth-order valence-electron chi connectivity index (χ4n) is 2.69. The largest absolute Gasteiger partial charge is 0.490 e. The highest BCUT2D eigenvalue weighted by molar-refractivity contribution is 8.26. The molecule has 0 aromatic heterocycles. The SMILES string of the molecule is C=CCOc1c(Cl)cc(/C=C2/SC(=S)N(NC(=O)c3ccccc3)C2=O)cc1OCC. The third-order valence-corrected chi connectivity index (χ3v) is 5.60. The Kier molecular flexibility index (Phi) is 7.73. The van der Waals surface area contributed by atoms with Crippen LogP contribution in [0.3, 0.4) is 0 Å². The van der Waals surface area contributed by atoms with E-state index in [0.29, 0.717) is 39.2 Å². The Morgan fingerprint density at radius 2 is 2.03 bits per heavy atom. The number of hydrogen-bond donors (Lipinski definition) is 1. The van der Waals surface area contributed by atoms with E-state index in [0.717, 1.165) is 16.8 Å². The lowest BCUT2D eigenvalue weighted by atomic mass is 10.1. The van der Waals surface area contributed by atoms with Gasteiger partial charge in [-0.15, -0.1) is 0 Å². The zero-order chi connectivity index (χ0) is 22.4. The van der Waals surface area contributed by atoms with Crippen LogP contribution in [-0.2, 0) is 4.79 Å². The van der Waals surface area contributed by atoms with Crippen molar-refractivity contribution in [1.82, 2.24) is 10.4 Å². The minimum atomic E-state index is -0.430. The first-order valence-corrected chi connectivity index (χ1v) is 10.9. The normalized spacial score (nSPS) is 14.6. The number of thioether (sulfide) groups is 1. The third kappa shape index (κ3) is 5.46. The highest BCUT2D eigenvalue weighted by Crippen LogP contribution is 2.39. The van der Waals surface area contributed by atoms with Crippen LogP contribution >= 0.6 is 35.6 Å². The molecule has 0 radical (unpaired) electrons. The molecule has 1 N–H and O–H groups in total. The number of carbonyl (C=O) groups excluding carboxylic acids is 2. The van der Waals surface area contributed by atoms with Crippen molar-refractivity contribution in [2.45, 2.75) is 6.92 Å². The van der Waals surface area contributed by atoms with Crippen molar-refractivity contribution in [1.29, 1.82) is 0 Å². The Morgan fingerprint density at radius 1 is 1.29 bits per heavy atom. The van der Waals surface area contributed by atoms with Crippen molar-refractivity contribution in [2.24, 2.45) is 0 Å². The Balaban J connectivity index is 1.83. The molecule has 160 valence electrons. The smallest absolute Gasteiger partial charge is 0.285 e.